The quantitative estimate of drug-likeness (QED) is 0.251. The third-order valence-corrected chi connectivity index (χ3v) is 5.28. The fraction of sp³-hybridized carbons (Fsp3) is 0.143. The van der Waals surface area contributed by atoms with Gasteiger partial charge in [0.05, 0.1) is 0 Å². The van der Waals surface area contributed by atoms with E-state index in [2.05, 4.69) is 92.3 Å². The molecule has 4 aromatic carbocycles. The van der Waals surface area contributed by atoms with Crippen LogP contribution in [0.5, 0.6) is 0 Å². The molecule has 0 atom stereocenters. The van der Waals surface area contributed by atoms with Gasteiger partial charge in [-0.2, -0.15) is 12.1 Å². The Morgan fingerprint density at radius 1 is 0.815 bits per heavy atom. The van der Waals surface area contributed by atoms with Crippen LogP contribution in [0, 0.1) is 0 Å². The third kappa shape index (κ3) is 7.82. The van der Waals surface area contributed by atoms with Crippen molar-refractivity contribution in [2.75, 3.05) is 0 Å². The number of halogens is 2. The van der Waals surface area contributed by atoms with E-state index in [4.69, 9.17) is 0 Å². The molecule has 0 unspecified atom stereocenters. The first-order valence-electron chi connectivity index (χ1n) is 8.22. The number of rotatable bonds is 4. The normalized spacial score (nSPS) is 9.37. The molecule has 0 aliphatic heterocycles. The van der Waals surface area contributed by atoms with Crippen LogP contribution in [0.3, 0.4) is 0 Å². The molecule has 0 aliphatic carbocycles. The monoisotopic (exact) mass is 503 g/mol. The summed E-state index contributed by atoms with van der Waals surface area (Å²) in [4.78, 5) is 0. The van der Waals surface area contributed by atoms with Crippen molar-refractivity contribution in [2.45, 2.75) is 18.6 Å². The fourth-order valence-corrected chi connectivity index (χ4v) is 3.01. The van der Waals surface area contributed by atoms with Gasteiger partial charge in [-0.3, -0.25) is 0 Å². The average molecular weight is 505 g/mol. The summed E-state index contributed by atoms with van der Waals surface area (Å²) in [6.07, 6.45) is 2.23. The van der Waals surface area contributed by atoms with E-state index in [1.165, 1.54) is 32.7 Å². The molecule has 6 heteroatoms. The fourth-order valence-electron chi connectivity index (χ4n) is 3.01. The second kappa shape index (κ2) is 14.2. The van der Waals surface area contributed by atoms with Gasteiger partial charge >= 0.3 is 58.4 Å². The average Bonchev–Trinajstić information content (AvgIpc) is 3.23. The summed E-state index contributed by atoms with van der Waals surface area (Å²) in [5.74, 6) is 2.02. The molecule has 4 rings (SSSR count). The van der Waals surface area contributed by atoms with Crippen LogP contribution in [0.2, 0.25) is 5.79 Å². The van der Waals surface area contributed by atoms with E-state index < -0.39 is 0 Å². The van der Waals surface area contributed by atoms with Gasteiger partial charge in [0, 0.05) is 0 Å². The van der Waals surface area contributed by atoms with Crippen LogP contribution in [-0.4, -0.2) is 32.2 Å². The van der Waals surface area contributed by atoms with E-state index in [1.54, 1.807) is 0 Å². The number of hydrogen-bond donors (Lipinski definition) is 0. The van der Waals surface area contributed by atoms with Crippen LogP contribution in [-0.2, 0) is 41.9 Å². The van der Waals surface area contributed by atoms with E-state index >= 15 is 0 Å². The molecule has 3 radical (unpaired) electrons. The van der Waals surface area contributed by atoms with Gasteiger partial charge in [-0.05, 0) is 12.8 Å². The van der Waals surface area contributed by atoms with E-state index in [-0.39, 0.29) is 66.6 Å². The van der Waals surface area contributed by atoms with Crippen molar-refractivity contribution in [3.8, 4) is 0 Å². The molecular formula is C21H21Al2Cl2OZr. The van der Waals surface area contributed by atoms with Gasteiger partial charge in [-0.1, -0.05) is 17.9 Å². The molecule has 0 fully saturated rings. The number of benzene rings is 2. The van der Waals surface area contributed by atoms with Crippen molar-refractivity contribution in [2.24, 2.45) is 0 Å². The molecule has 0 spiro atoms. The van der Waals surface area contributed by atoms with Crippen molar-refractivity contribution in [3.63, 3.8) is 0 Å². The minimum Gasteiger partial charge on any atom is -0.656 e. The standard InChI is InChI=1S/C20H16.CH3.2Al.2ClH.O.Zr/c1-2-6-18-12-15(11-17(18)5-1)9-10-16-13-19-7-3-4-8-20(19)14-16;;;;;;;/h1-8,11-14H,9-10H2;1H3;;;2*1H;;/q-2;;;;;;;+2. The summed E-state index contributed by atoms with van der Waals surface area (Å²) < 4.78 is 4.54. The van der Waals surface area contributed by atoms with E-state index in [0.29, 0.717) is 0 Å². The maximum absolute atomic E-state index is 4.54. The van der Waals surface area contributed by atoms with Crippen LogP contribution in [0.25, 0.3) is 21.5 Å². The van der Waals surface area contributed by atoms with Crippen LogP contribution < -0.4 is 0 Å². The van der Waals surface area contributed by atoms with Gasteiger partial charge < -0.3 is 2.84 Å². The summed E-state index contributed by atoms with van der Waals surface area (Å²) in [7, 11) is 0. The molecule has 27 heavy (non-hydrogen) atoms. The van der Waals surface area contributed by atoms with Gasteiger partial charge in [-0.25, -0.2) is 0 Å². The Labute approximate surface area is 208 Å². The van der Waals surface area contributed by atoms with Crippen molar-refractivity contribution in [1.82, 2.24) is 0 Å². The van der Waals surface area contributed by atoms with Crippen molar-refractivity contribution in [1.29, 1.82) is 0 Å². The Bertz CT molecular complexity index is 778. The molecule has 0 saturated carbocycles. The second-order valence-corrected chi connectivity index (χ2v) is 7.42. The predicted molar refractivity (Wildman–Crippen MR) is 119 cm³/mol. The van der Waals surface area contributed by atoms with E-state index in [9.17, 15) is 0 Å². The van der Waals surface area contributed by atoms with Crippen LogP contribution in [0.1, 0.15) is 11.1 Å². The van der Waals surface area contributed by atoms with Crippen LogP contribution in [0.4, 0.5) is 0 Å². The maximum Gasteiger partial charge on any atom is 2.00 e. The predicted octanol–water partition coefficient (Wildman–Crippen LogP) is 5.81. The molecule has 0 heterocycles. The van der Waals surface area contributed by atoms with Gasteiger partial charge in [0.2, 0.25) is 0 Å². The number of fused-ring (bicyclic) bond motifs is 2. The summed E-state index contributed by atoms with van der Waals surface area (Å²) in [6, 6.07) is 26.5. The largest absolute Gasteiger partial charge is 2.00 e. The summed E-state index contributed by atoms with van der Waals surface area (Å²) in [5, 5.41) is 5.43. The van der Waals surface area contributed by atoms with Crippen molar-refractivity contribution < 1.29 is 29.0 Å². The van der Waals surface area contributed by atoms with Gasteiger partial charge in [0.1, 0.15) is 0 Å². The Morgan fingerprint density at radius 2 is 1.19 bits per heavy atom. The van der Waals surface area contributed by atoms with Crippen molar-refractivity contribution in [3.05, 3.63) is 83.9 Å². The van der Waals surface area contributed by atoms with Crippen molar-refractivity contribution >= 4 is 78.5 Å². The number of aryl methyl sites for hydroxylation is 2. The topological polar surface area (TPSA) is 9.23 Å². The SMILES string of the molecule is Cl.Cl.[CH3][Al][O][Al].[Zr+2].c1ccc2[cH-]c(CCc3cc4ccccc4[cH-]3)cc2c1. The molecule has 1 nitrogen and oxygen atoms in total. The minimum absolute atomic E-state index is 0. The van der Waals surface area contributed by atoms with Crippen LogP contribution >= 0.6 is 24.8 Å². The Morgan fingerprint density at radius 3 is 1.52 bits per heavy atom. The number of hydrogen-bond acceptors (Lipinski definition) is 1. The maximum atomic E-state index is 4.54. The first-order valence-corrected chi connectivity index (χ1v) is 10.3. The molecule has 0 aliphatic rings. The summed E-state index contributed by atoms with van der Waals surface area (Å²) in [5.41, 5.74) is 2.88. The zero-order valence-corrected chi connectivity index (χ0v) is 21.6. The second-order valence-electron chi connectivity index (χ2n) is 5.86. The first kappa shape index (κ1) is 27.1. The Balaban J connectivity index is 0.000000888. The summed E-state index contributed by atoms with van der Waals surface area (Å²) >= 11 is 2.44. The molecule has 0 aromatic heterocycles. The zero-order valence-electron chi connectivity index (χ0n) is 15.2. The molecular weight excluding hydrogens is 484 g/mol. The molecule has 0 saturated heterocycles. The molecule has 0 amide bonds. The smallest absolute Gasteiger partial charge is 0.656 e. The molecule has 0 N–H and O–H groups in total. The molecule has 4 aromatic rings. The van der Waals surface area contributed by atoms with E-state index in [0.717, 1.165) is 12.8 Å². The Kier molecular flexibility index (Phi) is 14.3. The first-order chi connectivity index (χ1) is 11.8. The van der Waals surface area contributed by atoms with Gasteiger partial charge in [0.25, 0.3) is 0 Å². The van der Waals surface area contributed by atoms with E-state index in [1.807, 2.05) is 5.79 Å². The van der Waals surface area contributed by atoms with Crippen LogP contribution in [0.15, 0.2) is 72.8 Å². The zero-order chi connectivity index (χ0) is 16.8. The third-order valence-electron chi connectivity index (χ3n) is 4.19. The summed E-state index contributed by atoms with van der Waals surface area (Å²) in [6.45, 7) is 0. The van der Waals surface area contributed by atoms with Gasteiger partial charge in [0.15, 0.2) is 0 Å². The van der Waals surface area contributed by atoms with Gasteiger partial charge in [-0.15, -0.1) is 106 Å². The molecule has 135 valence electrons. The minimum atomic E-state index is 0. The molecule has 0 bridgehead atoms. The Hall–Kier alpha value is 0.148.